The van der Waals surface area contributed by atoms with E-state index in [2.05, 4.69) is 9.88 Å². The quantitative estimate of drug-likeness (QED) is 0.832. The number of carbonyl (C=O) groups excluding carboxylic acids is 1. The number of hydrogen-bond acceptors (Lipinski definition) is 4. The summed E-state index contributed by atoms with van der Waals surface area (Å²) in [6, 6.07) is 5.72. The van der Waals surface area contributed by atoms with Crippen LogP contribution < -0.4 is 0 Å². The Morgan fingerprint density at radius 2 is 1.90 bits per heavy atom. The van der Waals surface area contributed by atoms with Crippen molar-refractivity contribution < 1.29 is 14.7 Å². The monoisotopic (exact) mass is 291 g/mol. The molecular formula is C15H21N3O3. The Bertz CT molecular complexity index is 470. The summed E-state index contributed by atoms with van der Waals surface area (Å²) < 4.78 is 0. The summed E-state index contributed by atoms with van der Waals surface area (Å²) >= 11 is 0. The predicted molar refractivity (Wildman–Crippen MR) is 77.8 cm³/mol. The van der Waals surface area contributed by atoms with Crippen molar-refractivity contribution in [3.05, 3.63) is 30.1 Å². The van der Waals surface area contributed by atoms with Gasteiger partial charge in [0.25, 0.3) is 0 Å². The van der Waals surface area contributed by atoms with E-state index in [-0.39, 0.29) is 12.3 Å². The van der Waals surface area contributed by atoms with Crippen LogP contribution in [0, 0.1) is 0 Å². The molecule has 1 aliphatic heterocycles. The van der Waals surface area contributed by atoms with Crippen LogP contribution in [0.4, 0.5) is 0 Å². The van der Waals surface area contributed by atoms with Gasteiger partial charge in [0, 0.05) is 51.0 Å². The van der Waals surface area contributed by atoms with Crippen molar-refractivity contribution in [1.29, 1.82) is 0 Å². The van der Waals surface area contributed by atoms with E-state index in [0.717, 1.165) is 18.8 Å². The molecule has 1 amide bonds. The van der Waals surface area contributed by atoms with E-state index in [4.69, 9.17) is 5.11 Å². The van der Waals surface area contributed by atoms with Gasteiger partial charge in [-0.05, 0) is 18.6 Å². The first-order valence-corrected chi connectivity index (χ1v) is 7.27. The average Bonchev–Trinajstić information content (AvgIpc) is 2.52. The van der Waals surface area contributed by atoms with Gasteiger partial charge in [-0.15, -0.1) is 0 Å². The molecule has 1 saturated heterocycles. The van der Waals surface area contributed by atoms with E-state index in [1.165, 1.54) is 0 Å². The smallest absolute Gasteiger partial charge is 0.304 e. The van der Waals surface area contributed by atoms with Gasteiger partial charge in [-0.25, -0.2) is 0 Å². The first-order chi connectivity index (χ1) is 10.1. The maximum atomic E-state index is 12.1. The predicted octanol–water partition coefficient (Wildman–Crippen LogP) is 0.633. The van der Waals surface area contributed by atoms with Crippen molar-refractivity contribution in [3.63, 3.8) is 0 Å². The number of amides is 1. The lowest BCUT2D eigenvalue weighted by molar-refractivity contribution is -0.138. The van der Waals surface area contributed by atoms with E-state index >= 15 is 0 Å². The van der Waals surface area contributed by atoms with Crippen LogP contribution in [0.2, 0.25) is 0 Å². The van der Waals surface area contributed by atoms with E-state index in [1.807, 2.05) is 23.1 Å². The van der Waals surface area contributed by atoms with Crippen LogP contribution in [0.1, 0.15) is 18.5 Å². The summed E-state index contributed by atoms with van der Waals surface area (Å²) in [6.45, 7) is 3.43. The van der Waals surface area contributed by atoms with Gasteiger partial charge in [-0.3, -0.25) is 19.5 Å². The number of nitrogens with zero attached hydrogens (tertiary/aromatic N) is 3. The Labute approximate surface area is 124 Å². The van der Waals surface area contributed by atoms with Crippen LogP contribution in [-0.2, 0) is 16.0 Å². The highest BCUT2D eigenvalue weighted by Gasteiger charge is 2.21. The molecule has 6 nitrogen and oxygen atoms in total. The molecule has 6 heteroatoms. The maximum Gasteiger partial charge on any atom is 0.304 e. The molecule has 0 spiro atoms. The summed E-state index contributed by atoms with van der Waals surface area (Å²) in [4.78, 5) is 30.8. The Balaban J connectivity index is 1.69. The summed E-state index contributed by atoms with van der Waals surface area (Å²) in [7, 11) is 0. The summed E-state index contributed by atoms with van der Waals surface area (Å²) in [5.74, 6) is -0.623. The third-order valence-corrected chi connectivity index (χ3v) is 3.69. The van der Waals surface area contributed by atoms with Gasteiger partial charge < -0.3 is 10.0 Å². The fraction of sp³-hybridized carbons (Fsp3) is 0.533. The highest BCUT2D eigenvalue weighted by Crippen LogP contribution is 2.07. The van der Waals surface area contributed by atoms with E-state index in [0.29, 0.717) is 32.5 Å². The van der Waals surface area contributed by atoms with Crippen molar-refractivity contribution in [2.45, 2.75) is 19.3 Å². The van der Waals surface area contributed by atoms with Crippen molar-refractivity contribution in [2.24, 2.45) is 0 Å². The van der Waals surface area contributed by atoms with Gasteiger partial charge in [0.15, 0.2) is 0 Å². The van der Waals surface area contributed by atoms with Gasteiger partial charge >= 0.3 is 5.97 Å². The number of piperazine rings is 1. The number of aliphatic carboxylic acids is 1. The molecule has 1 N–H and O–H groups in total. The lowest BCUT2D eigenvalue weighted by atomic mass is 10.2. The lowest BCUT2D eigenvalue weighted by Crippen LogP contribution is -2.49. The zero-order valence-electron chi connectivity index (χ0n) is 12.1. The number of carboxylic acids is 1. The van der Waals surface area contributed by atoms with E-state index in [1.54, 1.807) is 6.20 Å². The van der Waals surface area contributed by atoms with Crippen molar-refractivity contribution >= 4 is 11.9 Å². The third kappa shape index (κ3) is 5.15. The van der Waals surface area contributed by atoms with Crippen molar-refractivity contribution in [1.82, 2.24) is 14.8 Å². The molecule has 0 radical (unpaired) electrons. The highest BCUT2D eigenvalue weighted by atomic mass is 16.4. The second-order valence-electron chi connectivity index (χ2n) is 5.19. The molecule has 21 heavy (non-hydrogen) atoms. The number of carboxylic acid groups (broad SMARTS) is 1. The number of aryl methyl sites for hydroxylation is 1. The van der Waals surface area contributed by atoms with Crippen molar-refractivity contribution in [3.8, 4) is 0 Å². The average molecular weight is 291 g/mol. The van der Waals surface area contributed by atoms with E-state index < -0.39 is 5.97 Å². The molecule has 0 atom stereocenters. The minimum Gasteiger partial charge on any atom is -0.481 e. The molecule has 1 aliphatic rings. The molecule has 1 aromatic rings. The normalized spacial score (nSPS) is 15.9. The van der Waals surface area contributed by atoms with Gasteiger partial charge in [-0.2, -0.15) is 0 Å². The Morgan fingerprint density at radius 1 is 1.14 bits per heavy atom. The first-order valence-electron chi connectivity index (χ1n) is 7.27. The molecule has 0 bridgehead atoms. The van der Waals surface area contributed by atoms with Crippen LogP contribution in [0.15, 0.2) is 24.4 Å². The second kappa shape index (κ2) is 7.73. The molecular weight excluding hydrogens is 270 g/mol. The summed E-state index contributed by atoms with van der Waals surface area (Å²) in [6.07, 6.45) is 3.04. The molecule has 2 heterocycles. The fourth-order valence-electron chi connectivity index (χ4n) is 2.41. The molecule has 2 rings (SSSR count). The van der Waals surface area contributed by atoms with Crippen LogP contribution in [0.5, 0.6) is 0 Å². The largest absolute Gasteiger partial charge is 0.481 e. The van der Waals surface area contributed by atoms with Gasteiger partial charge in [0.05, 0.1) is 6.42 Å². The SMILES string of the molecule is O=C(O)CCN1CCN(C(=O)CCc2ccccn2)CC1. The summed E-state index contributed by atoms with van der Waals surface area (Å²) in [5.41, 5.74) is 0.936. The van der Waals surface area contributed by atoms with Gasteiger partial charge in [-0.1, -0.05) is 6.07 Å². The Morgan fingerprint density at radius 3 is 2.52 bits per heavy atom. The zero-order valence-corrected chi connectivity index (χ0v) is 12.1. The summed E-state index contributed by atoms with van der Waals surface area (Å²) in [5, 5.41) is 8.67. The number of hydrogen-bond donors (Lipinski definition) is 1. The maximum absolute atomic E-state index is 12.1. The molecule has 1 aromatic heterocycles. The number of carbonyl (C=O) groups is 2. The molecule has 114 valence electrons. The van der Waals surface area contributed by atoms with Crippen LogP contribution in [0.3, 0.4) is 0 Å². The standard InChI is InChI=1S/C15H21N3O3/c19-14(5-4-13-3-1-2-7-16-13)18-11-9-17(10-12-18)8-6-15(20)21/h1-3,7H,4-6,8-12H2,(H,20,21). The highest BCUT2D eigenvalue weighted by molar-refractivity contribution is 5.76. The molecule has 0 aromatic carbocycles. The minimum absolute atomic E-state index is 0.151. The van der Waals surface area contributed by atoms with Crippen LogP contribution in [-0.4, -0.2) is 64.5 Å². The van der Waals surface area contributed by atoms with Gasteiger partial charge in [0.1, 0.15) is 0 Å². The molecule has 0 saturated carbocycles. The lowest BCUT2D eigenvalue weighted by Gasteiger charge is -2.34. The molecule has 0 unspecified atom stereocenters. The molecule has 1 fully saturated rings. The topological polar surface area (TPSA) is 73.7 Å². The Hall–Kier alpha value is -1.95. The fourth-order valence-corrected chi connectivity index (χ4v) is 2.41. The first kappa shape index (κ1) is 15.4. The second-order valence-corrected chi connectivity index (χ2v) is 5.19. The zero-order chi connectivity index (χ0) is 15.1. The third-order valence-electron chi connectivity index (χ3n) is 3.69. The van der Waals surface area contributed by atoms with Gasteiger partial charge in [0.2, 0.25) is 5.91 Å². The minimum atomic E-state index is -0.774. The number of pyridine rings is 1. The van der Waals surface area contributed by atoms with Crippen LogP contribution in [0.25, 0.3) is 0 Å². The van der Waals surface area contributed by atoms with E-state index in [9.17, 15) is 9.59 Å². The number of rotatable bonds is 6. The molecule has 0 aliphatic carbocycles. The van der Waals surface area contributed by atoms with Crippen LogP contribution >= 0.6 is 0 Å². The Kier molecular flexibility index (Phi) is 5.68. The number of aromatic nitrogens is 1. The van der Waals surface area contributed by atoms with Crippen molar-refractivity contribution in [2.75, 3.05) is 32.7 Å².